The minimum absolute atomic E-state index is 0. The van der Waals surface area contributed by atoms with Crippen molar-refractivity contribution in [3.8, 4) is 0 Å². The van der Waals surface area contributed by atoms with E-state index < -0.39 is 0 Å². The summed E-state index contributed by atoms with van der Waals surface area (Å²) in [5, 5.41) is 0. The van der Waals surface area contributed by atoms with Crippen LogP contribution in [0.15, 0.2) is 0 Å². The molecule has 0 aliphatic carbocycles. The van der Waals surface area contributed by atoms with Gasteiger partial charge in [0.15, 0.2) is 0 Å². The molecule has 130 valence electrons. The van der Waals surface area contributed by atoms with Crippen LogP contribution in [0.1, 0.15) is 111 Å². The number of nitrogens with two attached hydrogens (primary N) is 1. The summed E-state index contributed by atoms with van der Waals surface area (Å²) in [6.07, 6.45) is 17.2. The molecular formula is C19H42BrN. The second-order valence-electron chi connectivity index (χ2n) is 6.78. The number of unbranched alkanes of at least 4 members (excludes halogenated alkanes) is 5. The average Bonchev–Trinajstić information content (AvgIpc) is 2.42. The van der Waals surface area contributed by atoms with Crippen LogP contribution in [-0.4, -0.2) is 5.54 Å². The van der Waals surface area contributed by atoms with E-state index in [1.165, 1.54) is 83.5 Å². The van der Waals surface area contributed by atoms with E-state index in [4.69, 9.17) is 5.73 Å². The van der Waals surface area contributed by atoms with Crippen molar-refractivity contribution in [2.45, 2.75) is 117 Å². The van der Waals surface area contributed by atoms with Gasteiger partial charge in [-0.15, -0.1) is 17.0 Å². The van der Waals surface area contributed by atoms with Gasteiger partial charge in [-0.1, -0.05) is 85.5 Å². The van der Waals surface area contributed by atoms with Crippen LogP contribution in [0.5, 0.6) is 0 Å². The number of hydrogen-bond donors (Lipinski definition) is 1. The highest BCUT2D eigenvalue weighted by Gasteiger charge is 2.31. The van der Waals surface area contributed by atoms with Crippen LogP contribution in [0.4, 0.5) is 0 Å². The molecular weight excluding hydrogens is 322 g/mol. The lowest BCUT2D eigenvalue weighted by Gasteiger charge is -2.38. The van der Waals surface area contributed by atoms with E-state index in [0.29, 0.717) is 0 Å². The molecule has 2 N–H and O–H groups in total. The van der Waals surface area contributed by atoms with Gasteiger partial charge in [-0.05, 0) is 31.6 Å². The summed E-state index contributed by atoms with van der Waals surface area (Å²) in [6, 6.07) is 0. The quantitative estimate of drug-likeness (QED) is 0.329. The second-order valence-corrected chi connectivity index (χ2v) is 6.78. The first-order valence-electron chi connectivity index (χ1n) is 9.43. The van der Waals surface area contributed by atoms with Crippen molar-refractivity contribution in [3.63, 3.8) is 0 Å². The minimum atomic E-state index is 0. The molecule has 0 fully saturated rings. The van der Waals surface area contributed by atoms with Crippen LogP contribution in [0, 0.1) is 5.92 Å². The molecule has 0 spiro atoms. The number of hydrogen-bond acceptors (Lipinski definition) is 1. The molecule has 0 aromatic rings. The largest absolute Gasteiger partial charge is 0.325 e. The zero-order valence-corrected chi connectivity index (χ0v) is 17.0. The Morgan fingerprint density at radius 1 is 0.667 bits per heavy atom. The van der Waals surface area contributed by atoms with E-state index in [-0.39, 0.29) is 22.5 Å². The Kier molecular flexibility index (Phi) is 17.3. The van der Waals surface area contributed by atoms with Gasteiger partial charge in [0.2, 0.25) is 0 Å². The first kappa shape index (κ1) is 23.7. The molecule has 0 aliphatic heterocycles. The fourth-order valence-corrected chi connectivity index (χ4v) is 3.70. The van der Waals surface area contributed by atoms with Crippen LogP contribution in [0.25, 0.3) is 0 Å². The molecule has 0 radical (unpaired) electrons. The Morgan fingerprint density at radius 2 is 1.19 bits per heavy atom. The highest BCUT2D eigenvalue weighted by molar-refractivity contribution is 8.93. The van der Waals surface area contributed by atoms with Crippen molar-refractivity contribution >= 4 is 17.0 Å². The molecule has 21 heavy (non-hydrogen) atoms. The van der Waals surface area contributed by atoms with Gasteiger partial charge in [-0.2, -0.15) is 0 Å². The monoisotopic (exact) mass is 363 g/mol. The van der Waals surface area contributed by atoms with Crippen LogP contribution in [0.3, 0.4) is 0 Å². The fourth-order valence-electron chi connectivity index (χ4n) is 3.70. The molecule has 0 heterocycles. The predicted octanol–water partition coefficient (Wildman–Crippen LogP) is 7.03. The maximum absolute atomic E-state index is 6.81. The fraction of sp³-hybridized carbons (Fsp3) is 1.00. The SMILES string of the molecule is Br.CCCCCCCCC(CCC)C(N)(CCC)CCC. The van der Waals surface area contributed by atoms with Crippen LogP contribution < -0.4 is 5.73 Å². The molecule has 0 aromatic heterocycles. The third-order valence-electron chi connectivity index (χ3n) is 4.79. The summed E-state index contributed by atoms with van der Waals surface area (Å²) in [5.41, 5.74) is 6.93. The van der Waals surface area contributed by atoms with E-state index in [0.717, 1.165) is 5.92 Å². The highest BCUT2D eigenvalue weighted by atomic mass is 79.9. The Hall–Kier alpha value is 0.440. The molecule has 0 rings (SSSR count). The van der Waals surface area contributed by atoms with Gasteiger partial charge in [-0.25, -0.2) is 0 Å². The van der Waals surface area contributed by atoms with Gasteiger partial charge >= 0.3 is 0 Å². The minimum Gasteiger partial charge on any atom is -0.325 e. The Morgan fingerprint density at radius 3 is 1.67 bits per heavy atom. The van der Waals surface area contributed by atoms with E-state index in [2.05, 4.69) is 27.7 Å². The molecule has 1 nitrogen and oxygen atoms in total. The maximum Gasteiger partial charge on any atom is 0.0182 e. The van der Waals surface area contributed by atoms with E-state index in [9.17, 15) is 0 Å². The van der Waals surface area contributed by atoms with Crippen molar-refractivity contribution in [2.24, 2.45) is 11.7 Å². The van der Waals surface area contributed by atoms with Crippen molar-refractivity contribution in [2.75, 3.05) is 0 Å². The van der Waals surface area contributed by atoms with Gasteiger partial charge in [0.1, 0.15) is 0 Å². The third kappa shape index (κ3) is 10.7. The van der Waals surface area contributed by atoms with Gasteiger partial charge in [0.25, 0.3) is 0 Å². The third-order valence-corrected chi connectivity index (χ3v) is 4.79. The van der Waals surface area contributed by atoms with Gasteiger partial charge in [0, 0.05) is 5.54 Å². The van der Waals surface area contributed by atoms with Crippen molar-refractivity contribution in [3.05, 3.63) is 0 Å². The summed E-state index contributed by atoms with van der Waals surface area (Å²) < 4.78 is 0. The lowest BCUT2D eigenvalue weighted by Crippen LogP contribution is -2.47. The summed E-state index contributed by atoms with van der Waals surface area (Å²) in [4.78, 5) is 0. The second kappa shape index (κ2) is 15.3. The molecule has 2 heteroatoms. The maximum atomic E-state index is 6.81. The summed E-state index contributed by atoms with van der Waals surface area (Å²) >= 11 is 0. The van der Waals surface area contributed by atoms with Crippen LogP contribution in [0.2, 0.25) is 0 Å². The molecule has 1 unspecified atom stereocenters. The standard InChI is InChI=1S/C19H41N.BrH/c1-5-9-10-11-12-13-15-18(14-6-2)19(20,16-7-3)17-8-4;/h18H,5-17,20H2,1-4H3;1H. The molecule has 1 atom stereocenters. The summed E-state index contributed by atoms with van der Waals surface area (Å²) in [7, 11) is 0. The molecule has 0 bridgehead atoms. The number of halogens is 1. The zero-order valence-electron chi connectivity index (χ0n) is 15.3. The zero-order chi connectivity index (χ0) is 15.3. The molecule has 0 aromatic carbocycles. The summed E-state index contributed by atoms with van der Waals surface area (Å²) in [6.45, 7) is 9.16. The first-order valence-corrected chi connectivity index (χ1v) is 9.43. The highest BCUT2D eigenvalue weighted by Crippen LogP contribution is 2.33. The summed E-state index contributed by atoms with van der Waals surface area (Å²) in [5.74, 6) is 0.749. The van der Waals surface area contributed by atoms with Gasteiger partial charge < -0.3 is 5.73 Å². The lowest BCUT2D eigenvalue weighted by molar-refractivity contribution is 0.200. The Balaban J connectivity index is 0. The van der Waals surface area contributed by atoms with E-state index >= 15 is 0 Å². The topological polar surface area (TPSA) is 26.0 Å². The van der Waals surface area contributed by atoms with Crippen molar-refractivity contribution in [1.82, 2.24) is 0 Å². The van der Waals surface area contributed by atoms with E-state index in [1.54, 1.807) is 0 Å². The molecule has 0 amide bonds. The van der Waals surface area contributed by atoms with E-state index in [1.807, 2.05) is 0 Å². The normalized spacial score (nSPS) is 13.0. The smallest absolute Gasteiger partial charge is 0.0182 e. The Bertz CT molecular complexity index is 200. The van der Waals surface area contributed by atoms with Crippen LogP contribution in [-0.2, 0) is 0 Å². The number of rotatable bonds is 14. The first-order chi connectivity index (χ1) is 9.64. The van der Waals surface area contributed by atoms with Crippen LogP contribution >= 0.6 is 17.0 Å². The van der Waals surface area contributed by atoms with Crippen molar-refractivity contribution in [1.29, 1.82) is 0 Å². The molecule has 0 aliphatic rings. The van der Waals surface area contributed by atoms with Gasteiger partial charge in [0.05, 0.1) is 0 Å². The average molecular weight is 364 g/mol. The van der Waals surface area contributed by atoms with Gasteiger partial charge in [-0.3, -0.25) is 0 Å². The van der Waals surface area contributed by atoms with Crippen molar-refractivity contribution < 1.29 is 0 Å². The molecule has 0 saturated heterocycles. The lowest BCUT2D eigenvalue weighted by atomic mass is 9.73. The predicted molar refractivity (Wildman–Crippen MR) is 103 cm³/mol. The molecule has 0 saturated carbocycles. The Labute approximate surface area is 145 Å².